The number of hydrogen-bond acceptors (Lipinski definition) is 3. The molecule has 0 fully saturated rings. The van der Waals surface area contributed by atoms with Crippen LogP contribution in [0.3, 0.4) is 0 Å². The molecule has 0 atom stereocenters. The predicted molar refractivity (Wildman–Crippen MR) is 46.6 cm³/mol. The van der Waals surface area contributed by atoms with E-state index in [0.29, 0.717) is 0 Å². The number of nitrogens with one attached hydrogen (secondary N) is 1. The van der Waals surface area contributed by atoms with Crippen LogP contribution < -0.4 is 11.2 Å². The second-order valence-electron chi connectivity index (χ2n) is 2.75. The van der Waals surface area contributed by atoms with Gasteiger partial charge in [0.05, 0.1) is 6.30 Å². The Morgan fingerprint density at radius 2 is 2.15 bits per heavy atom. The van der Waals surface area contributed by atoms with E-state index < -0.39 is 11.2 Å². The zero-order valence-corrected chi connectivity index (χ0v) is 7.16. The summed E-state index contributed by atoms with van der Waals surface area (Å²) in [6, 6.07) is 0. The van der Waals surface area contributed by atoms with Crippen molar-refractivity contribution in [2.75, 3.05) is 0 Å². The Morgan fingerprint density at radius 1 is 1.46 bits per heavy atom. The van der Waals surface area contributed by atoms with Crippen LogP contribution in [0.25, 0.3) is 11.2 Å². The highest BCUT2D eigenvalue weighted by atomic mass is 16.2. The number of rotatable bonds is 0. The van der Waals surface area contributed by atoms with Gasteiger partial charge in [-0.1, -0.05) is 0 Å². The number of hydrogen-bond donors (Lipinski definition) is 1. The third-order valence-electron chi connectivity index (χ3n) is 1.98. The van der Waals surface area contributed by atoms with Crippen LogP contribution >= 0.6 is 0 Å². The molecule has 0 aromatic carbocycles. The molecule has 6 heteroatoms. The molecule has 0 radical (unpaired) electrons. The van der Waals surface area contributed by atoms with Gasteiger partial charge < -0.3 is 4.98 Å². The molecule has 0 aliphatic rings. The Labute approximate surface area is 73.9 Å². The minimum Gasteiger partial charge on any atom is -0.330 e. The highest BCUT2D eigenvalue weighted by molar-refractivity contribution is 5.68. The van der Waals surface area contributed by atoms with E-state index in [9.17, 15) is 9.59 Å². The summed E-state index contributed by atoms with van der Waals surface area (Å²) in [6.07, 6.45) is -0.127. The Balaban J connectivity index is 3.17. The first-order chi connectivity index (χ1) is 6.52. The summed E-state index contributed by atoms with van der Waals surface area (Å²) in [6.45, 7) is 0. The lowest BCUT2D eigenvalue weighted by molar-refractivity contribution is 0.709. The quantitative estimate of drug-likeness (QED) is 0.565. The maximum absolute atomic E-state index is 11.5. The highest BCUT2D eigenvalue weighted by Crippen LogP contribution is 1.97. The third-order valence-corrected chi connectivity index (χ3v) is 1.98. The summed E-state index contributed by atoms with van der Waals surface area (Å²) >= 11 is 0. The maximum atomic E-state index is 11.5. The number of aromatic amines is 1. The summed E-state index contributed by atoms with van der Waals surface area (Å²) in [5.41, 5.74) is -0.535. The van der Waals surface area contributed by atoms with E-state index in [2.05, 4.69) is 9.97 Å². The lowest BCUT2D eigenvalue weighted by Crippen LogP contribution is -2.36. The van der Waals surface area contributed by atoms with E-state index in [-0.39, 0.29) is 17.5 Å². The molecule has 2 aromatic rings. The predicted octanol–water partition coefficient (Wildman–Crippen LogP) is -1.04. The molecule has 0 unspecified atom stereocenters. The normalized spacial score (nSPS) is 12.0. The van der Waals surface area contributed by atoms with Gasteiger partial charge in [-0.2, -0.15) is 0 Å². The molecule has 0 aliphatic carbocycles. The molecule has 13 heavy (non-hydrogen) atoms. The number of aromatic nitrogens is 4. The van der Waals surface area contributed by atoms with Crippen LogP contribution in [0, 0.1) is 0 Å². The van der Waals surface area contributed by atoms with Crippen LogP contribution in [0.5, 0.6) is 0 Å². The molecule has 2 rings (SSSR count). The lowest BCUT2D eigenvalue weighted by atomic mass is 10.5. The van der Waals surface area contributed by atoms with Crippen LogP contribution in [0.15, 0.2) is 15.9 Å². The molecule has 0 bridgehead atoms. The van der Waals surface area contributed by atoms with Crippen molar-refractivity contribution in [3.05, 3.63) is 27.1 Å². The van der Waals surface area contributed by atoms with E-state index in [1.165, 1.54) is 18.7 Å². The molecular weight excluding hydrogens is 172 g/mol. The Hall–Kier alpha value is -1.85. The standard InChI is InChI=1S/C7H8N4O2/c1-10-5-4(8-3-9-5)6(12)11(2)7(10)13/h3H,1-2H3,(H,8,9)/i3T. The van der Waals surface area contributed by atoms with Gasteiger partial charge in [-0.15, -0.1) is 0 Å². The first-order valence-corrected chi connectivity index (χ1v) is 3.64. The van der Waals surface area contributed by atoms with Crippen molar-refractivity contribution in [2.24, 2.45) is 14.1 Å². The zero-order chi connectivity index (χ0) is 10.5. The smallest absolute Gasteiger partial charge is 0.330 e. The van der Waals surface area contributed by atoms with Crippen LogP contribution in [0.1, 0.15) is 1.37 Å². The lowest BCUT2D eigenvalue weighted by Gasteiger charge is -2.01. The molecule has 2 aromatic heterocycles. The van der Waals surface area contributed by atoms with E-state index in [1.807, 2.05) is 0 Å². The van der Waals surface area contributed by atoms with Gasteiger partial charge in [-0.25, -0.2) is 9.78 Å². The molecule has 0 amide bonds. The average molecular weight is 182 g/mol. The van der Waals surface area contributed by atoms with Crippen molar-refractivity contribution in [3.63, 3.8) is 0 Å². The molecular formula is C7H8N4O2. The molecule has 68 valence electrons. The summed E-state index contributed by atoms with van der Waals surface area (Å²) in [5.74, 6) is 0. The van der Waals surface area contributed by atoms with Crippen LogP contribution in [0.2, 0.25) is 0 Å². The molecule has 0 saturated carbocycles. The highest BCUT2D eigenvalue weighted by Gasteiger charge is 2.08. The molecule has 0 spiro atoms. The van der Waals surface area contributed by atoms with Gasteiger partial charge in [0.1, 0.15) is 7.02 Å². The van der Waals surface area contributed by atoms with Gasteiger partial charge >= 0.3 is 5.69 Å². The summed E-state index contributed by atoms with van der Waals surface area (Å²) in [7, 11) is 2.89. The monoisotopic (exact) mass is 182 g/mol. The molecule has 0 saturated heterocycles. The largest absolute Gasteiger partial charge is 0.332 e. The Kier molecular flexibility index (Phi) is 1.18. The average Bonchev–Trinajstić information content (AvgIpc) is 2.54. The fourth-order valence-electron chi connectivity index (χ4n) is 1.21. The minimum absolute atomic E-state index is 0.111. The second-order valence-corrected chi connectivity index (χ2v) is 2.75. The topological polar surface area (TPSA) is 72.7 Å². The number of H-pyrrole nitrogens is 1. The van der Waals surface area contributed by atoms with Crippen molar-refractivity contribution in [1.82, 2.24) is 19.1 Å². The molecule has 1 N–H and O–H groups in total. The molecule has 2 heterocycles. The first kappa shape index (κ1) is 6.64. The Bertz CT molecular complexity index is 621. The number of imidazole rings is 1. The van der Waals surface area contributed by atoms with Gasteiger partial charge in [0.25, 0.3) is 5.56 Å². The zero-order valence-electron chi connectivity index (χ0n) is 8.16. The summed E-state index contributed by atoms with van der Waals surface area (Å²) < 4.78 is 9.44. The van der Waals surface area contributed by atoms with E-state index in [0.717, 1.165) is 4.57 Å². The van der Waals surface area contributed by atoms with Crippen molar-refractivity contribution in [1.29, 1.82) is 0 Å². The van der Waals surface area contributed by atoms with Crippen LogP contribution in [0.4, 0.5) is 0 Å². The maximum Gasteiger partial charge on any atom is 0.332 e. The number of aryl methyl sites for hydroxylation is 1. The first-order valence-electron chi connectivity index (χ1n) is 4.14. The van der Waals surface area contributed by atoms with Crippen LogP contribution in [-0.2, 0) is 14.1 Å². The Morgan fingerprint density at radius 3 is 2.85 bits per heavy atom. The fourth-order valence-corrected chi connectivity index (χ4v) is 1.21. The van der Waals surface area contributed by atoms with Gasteiger partial charge in [0, 0.05) is 14.1 Å². The van der Waals surface area contributed by atoms with E-state index >= 15 is 0 Å². The minimum atomic E-state index is -0.488. The third kappa shape index (κ3) is 0.851. The fraction of sp³-hybridized carbons (Fsp3) is 0.286. The molecule has 0 aliphatic heterocycles. The van der Waals surface area contributed by atoms with Gasteiger partial charge in [-0.3, -0.25) is 13.9 Å². The van der Waals surface area contributed by atoms with Crippen molar-refractivity contribution < 1.29 is 1.37 Å². The summed E-state index contributed by atoms with van der Waals surface area (Å²) in [5, 5.41) is 0. The van der Waals surface area contributed by atoms with Crippen molar-refractivity contribution in [2.45, 2.75) is 0 Å². The van der Waals surface area contributed by atoms with E-state index in [4.69, 9.17) is 1.37 Å². The van der Waals surface area contributed by atoms with Crippen molar-refractivity contribution in [3.8, 4) is 0 Å². The van der Waals surface area contributed by atoms with Gasteiger partial charge in [0.15, 0.2) is 5.52 Å². The number of fused-ring (bicyclic) bond motifs is 1. The number of nitrogens with zero attached hydrogens (tertiary/aromatic N) is 3. The second kappa shape index (κ2) is 2.32. The summed E-state index contributed by atoms with van der Waals surface area (Å²) in [4.78, 5) is 29.2. The van der Waals surface area contributed by atoms with Gasteiger partial charge in [0.2, 0.25) is 0 Å². The van der Waals surface area contributed by atoms with Crippen molar-refractivity contribution >= 4 is 11.2 Å². The molecule has 6 nitrogen and oxygen atoms in total. The van der Waals surface area contributed by atoms with Gasteiger partial charge in [-0.05, 0) is 0 Å². The van der Waals surface area contributed by atoms with Crippen LogP contribution in [-0.4, -0.2) is 19.1 Å². The SMILES string of the molecule is [3H]c1nc2c(=O)n(C)c(=O)n(C)c2[nH]1. The van der Waals surface area contributed by atoms with E-state index in [1.54, 1.807) is 0 Å².